The van der Waals surface area contributed by atoms with E-state index in [1.54, 1.807) is 29.7 Å². The zero-order valence-electron chi connectivity index (χ0n) is 10.4. The summed E-state index contributed by atoms with van der Waals surface area (Å²) in [5, 5.41) is 8.35. The van der Waals surface area contributed by atoms with Crippen LogP contribution in [0.5, 0.6) is 5.75 Å². The minimum atomic E-state index is -0.512. The third-order valence-corrected chi connectivity index (χ3v) is 2.51. The van der Waals surface area contributed by atoms with Crippen molar-refractivity contribution in [2.24, 2.45) is 4.99 Å². The lowest BCUT2D eigenvalue weighted by molar-refractivity contribution is 0.240. The molecule has 0 saturated heterocycles. The highest BCUT2D eigenvalue weighted by Gasteiger charge is 2.04. The molecular formula is C14H12F2N2O2. The minimum Gasteiger partial charge on any atom is -0.489 e. The molecule has 2 N–H and O–H groups in total. The van der Waals surface area contributed by atoms with Crippen LogP contribution in [-0.2, 0) is 6.61 Å². The van der Waals surface area contributed by atoms with Gasteiger partial charge in [0.25, 0.3) is 0 Å². The topological polar surface area (TPSA) is 53.8 Å². The van der Waals surface area contributed by atoms with Crippen LogP contribution in [0.1, 0.15) is 5.56 Å². The fourth-order valence-corrected chi connectivity index (χ4v) is 1.55. The second-order valence-corrected chi connectivity index (χ2v) is 3.91. The number of hydroxylamine groups is 1. The lowest BCUT2D eigenvalue weighted by atomic mass is 10.2. The second-order valence-electron chi connectivity index (χ2n) is 3.91. The van der Waals surface area contributed by atoms with Crippen LogP contribution in [0.4, 0.5) is 14.5 Å². The van der Waals surface area contributed by atoms with Gasteiger partial charge in [0.2, 0.25) is 0 Å². The Bertz CT molecular complexity index is 601. The van der Waals surface area contributed by atoms with Crippen molar-refractivity contribution in [1.29, 1.82) is 0 Å². The van der Waals surface area contributed by atoms with Crippen molar-refractivity contribution in [3.05, 3.63) is 59.7 Å². The van der Waals surface area contributed by atoms with E-state index in [0.717, 1.165) is 24.5 Å². The van der Waals surface area contributed by atoms with Gasteiger partial charge in [0.05, 0.1) is 5.69 Å². The van der Waals surface area contributed by atoms with Gasteiger partial charge in [0.15, 0.2) is 0 Å². The van der Waals surface area contributed by atoms with E-state index in [-0.39, 0.29) is 12.2 Å². The Morgan fingerprint density at radius 2 is 1.90 bits per heavy atom. The third-order valence-electron chi connectivity index (χ3n) is 2.51. The van der Waals surface area contributed by atoms with Crippen molar-refractivity contribution in [2.75, 3.05) is 0 Å². The predicted molar refractivity (Wildman–Crippen MR) is 70.2 cm³/mol. The number of ether oxygens (including phenoxy) is 1. The smallest absolute Gasteiger partial charge is 0.130 e. The molecule has 0 atom stereocenters. The summed E-state index contributed by atoms with van der Waals surface area (Å²) < 4.78 is 31.7. The number of hydrogen-bond acceptors (Lipinski definition) is 3. The summed E-state index contributed by atoms with van der Waals surface area (Å²) >= 11 is 0. The quantitative estimate of drug-likeness (QED) is 0.502. The van der Waals surface area contributed by atoms with Crippen molar-refractivity contribution in [2.45, 2.75) is 6.61 Å². The largest absolute Gasteiger partial charge is 0.489 e. The van der Waals surface area contributed by atoms with Gasteiger partial charge >= 0.3 is 0 Å². The average Bonchev–Trinajstić information content (AvgIpc) is 2.47. The maximum absolute atomic E-state index is 13.4. The number of hydrogen-bond donors (Lipinski definition) is 2. The van der Waals surface area contributed by atoms with E-state index >= 15 is 0 Å². The van der Waals surface area contributed by atoms with E-state index in [9.17, 15) is 8.78 Å². The van der Waals surface area contributed by atoms with Crippen molar-refractivity contribution >= 4 is 12.0 Å². The Labute approximate surface area is 114 Å². The summed E-state index contributed by atoms with van der Waals surface area (Å²) in [7, 11) is 0. The zero-order valence-corrected chi connectivity index (χ0v) is 10.4. The molecule has 0 unspecified atom stereocenters. The molecule has 0 heterocycles. The van der Waals surface area contributed by atoms with Gasteiger partial charge in [-0.2, -0.15) is 0 Å². The monoisotopic (exact) mass is 278 g/mol. The Hall–Kier alpha value is -2.47. The lowest BCUT2D eigenvalue weighted by Gasteiger charge is -2.07. The molecule has 0 saturated carbocycles. The van der Waals surface area contributed by atoms with Crippen molar-refractivity contribution in [3.8, 4) is 5.75 Å². The number of nitrogens with zero attached hydrogens (tertiary/aromatic N) is 1. The van der Waals surface area contributed by atoms with E-state index in [0.29, 0.717) is 11.4 Å². The molecule has 6 heteroatoms. The molecule has 104 valence electrons. The molecule has 20 heavy (non-hydrogen) atoms. The van der Waals surface area contributed by atoms with Gasteiger partial charge in [0, 0.05) is 5.56 Å². The van der Waals surface area contributed by atoms with E-state index in [1.165, 1.54) is 0 Å². The normalized spacial score (nSPS) is 10.8. The van der Waals surface area contributed by atoms with Crippen LogP contribution in [0.2, 0.25) is 0 Å². The molecule has 0 aliphatic heterocycles. The Morgan fingerprint density at radius 3 is 2.60 bits per heavy atom. The molecule has 0 aromatic heterocycles. The van der Waals surface area contributed by atoms with Crippen LogP contribution in [0.25, 0.3) is 0 Å². The first-order valence-corrected chi connectivity index (χ1v) is 5.78. The predicted octanol–water partition coefficient (Wildman–Crippen LogP) is 3.18. The molecule has 2 aromatic carbocycles. The zero-order chi connectivity index (χ0) is 14.4. The SMILES string of the molecule is ONC=Nc1ccc(OCc2cc(F)ccc2F)cc1. The maximum Gasteiger partial charge on any atom is 0.130 e. The Morgan fingerprint density at radius 1 is 1.15 bits per heavy atom. The summed E-state index contributed by atoms with van der Waals surface area (Å²) in [5.74, 6) is -0.516. The van der Waals surface area contributed by atoms with Gasteiger partial charge in [-0.05, 0) is 42.5 Å². The summed E-state index contributed by atoms with van der Waals surface area (Å²) in [4.78, 5) is 3.86. The highest BCUT2D eigenvalue weighted by atomic mass is 19.1. The van der Waals surface area contributed by atoms with Gasteiger partial charge in [0.1, 0.15) is 30.3 Å². The van der Waals surface area contributed by atoms with Crippen LogP contribution in [0.3, 0.4) is 0 Å². The maximum atomic E-state index is 13.4. The molecule has 0 bridgehead atoms. The first kappa shape index (κ1) is 14.0. The number of rotatable bonds is 5. The van der Waals surface area contributed by atoms with E-state index in [4.69, 9.17) is 9.94 Å². The number of nitrogens with one attached hydrogen (secondary N) is 1. The molecule has 0 aliphatic carbocycles. The molecular weight excluding hydrogens is 266 g/mol. The van der Waals surface area contributed by atoms with Gasteiger partial charge < -0.3 is 4.74 Å². The van der Waals surface area contributed by atoms with Crippen LogP contribution >= 0.6 is 0 Å². The summed E-state index contributed by atoms with van der Waals surface area (Å²) in [6, 6.07) is 9.81. The van der Waals surface area contributed by atoms with Crippen LogP contribution < -0.4 is 10.2 Å². The molecule has 0 amide bonds. The highest BCUT2D eigenvalue weighted by molar-refractivity contribution is 5.59. The highest BCUT2D eigenvalue weighted by Crippen LogP contribution is 2.19. The van der Waals surface area contributed by atoms with Gasteiger partial charge in [-0.25, -0.2) is 13.8 Å². The van der Waals surface area contributed by atoms with E-state index < -0.39 is 11.6 Å². The van der Waals surface area contributed by atoms with Gasteiger partial charge in [-0.3, -0.25) is 10.7 Å². The van der Waals surface area contributed by atoms with Crippen LogP contribution in [0.15, 0.2) is 47.5 Å². The van der Waals surface area contributed by atoms with Gasteiger partial charge in [-0.1, -0.05) is 0 Å². The summed E-state index contributed by atoms with van der Waals surface area (Å²) in [6.07, 6.45) is 1.12. The van der Waals surface area contributed by atoms with E-state index in [2.05, 4.69) is 4.99 Å². The first-order valence-electron chi connectivity index (χ1n) is 5.78. The fraction of sp³-hybridized carbons (Fsp3) is 0.0714. The number of aliphatic imine (C=N–C) groups is 1. The molecule has 0 aliphatic rings. The molecule has 2 rings (SSSR count). The lowest BCUT2D eigenvalue weighted by Crippen LogP contribution is -2.01. The van der Waals surface area contributed by atoms with Crippen LogP contribution in [0, 0.1) is 11.6 Å². The first-order chi connectivity index (χ1) is 9.69. The average molecular weight is 278 g/mol. The summed E-state index contributed by atoms with van der Waals surface area (Å²) in [6.45, 7) is -0.0651. The molecule has 0 spiro atoms. The van der Waals surface area contributed by atoms with Crippen molar-refractivity contribution < 1.29 is 18.7 Å². The van der Waals surface area contributed by atoms with Crippen molar-refractivity contribution in [3.63, 3.8) is 0 Å². The number of halogens is 2. The van der Waals surface area contributed by atoms with Gasteiger partial charge in [-0.15, -0.1) is 0 Å². The fourth-order valence-electron chi connectivity index (χ4n) is 1.55. The summed E-state index contributed by atoms with van der Waals surface area (Å²) in [5.41, 5.74) is 2.55. The minimum absolute atomic E-state index is 0.0651. The molecule has 0 fully saturated rings. The Balaban J connectivity index is 2.00. The standard InChI is InChI=1S/C14H12F2N2O2/c15-11-1-6-14(16)10(7-11)8-20-13-4-2-12(3-5-13)17-9-18-19/h1-7,9,19H,8H2,(H,17,18). The number of benzene rings is 2. The van der Waals surface area contributed by atoms with E-state index in [1.807, 2.05) is 0 Å². The second kappa shape index (κ2) is 6.63. The molecule has 0 radical (unpaired) electrons. The third kappa shape index (κ3) is 3.76. The molecule has 2 aromatic rings. The van der Waals surface area contributed by atoms with Crippen LogP contribution in [-0.4, -0.2) is 11.5 Å². The molecule has 4 nitrogen and oxygen atoms in total. The Kier molecular flexibility index (Phi) is 4.62. The van der Waals surface area contributed by atoms with Crippen molar-refractivity contribution in [1.82, 2.24) is 5.48 Å².